The summed E-state index contributed by atoms with van der Waals surface area (Å²) in [5.41, 5.74) is 1.47. The summed E-state index contributed by atoms with van der Waals surface area (Å²) in [6, 6.07) is 7.45. The monoisotopic (exact) mass is 319 g/mol. The van der Waals surface area contributed by atoms with E-state index in [0.29, 0.717) is 21.2 Å². The van der Waals surface area contributed by atoms with Crippen LogP contribution in [0, 0.1) is 0 Å². The van der Waals surface area contributed by atoms with Crippen LogP contribution in [0.4, 0.5) is 0 Å². The molecule has 0 aliphatic rings. The van der Waals surface area contributed by atoms with Crippen LogP contribution < -0.4 is 4.74 Å². The number of ether oxygens (including phenoxy) is 1. The van der Waals surface area contributed by atoms with Crippen molar-refractivity contribution in [3.05, 3.63) is 51.3 Å². The number of carbonyl (C=O) groups excluding carboxylic acids is 1. The lowest BCUT2D eigenvalue weighted by atomic mass is 10.1. The van der Waals surface area contributed by atoms with Crippen LogP contribution in [0.25, 0.3) is 10.9 Å². The molecule has 1 N–H and O–H groups in total. The third-order valence-electron chi connectivity index (χ3n) is 3.10. The summed E-state index contributed by atoms with van der Waals surface area (Å²) in [5, 5.41) is 3.11. The second-order valence-electron chi connectivity index (χ2n) is 4.97. The molecule has 3 aromatic rings. The number of hydrogen-bond donors (Lipinski definition) is 1. The second kappa shape index (κ2) is 5.54. The van der Waals surface area contributed by atoms with Gasteiger partial charge in [-0.25, -0.2) is 0 Å². The Morgan fingerprint density at radius 2 is 2.14 bits per heavy atom. The molecule has 0 atom stereocenters. The molecule has 3 rings (SSSR count). The first-order valence-corrected chi connectivity index (χ1v) is 7.88. The molecule has 21 heavy (non-hydrogen) atoms. The number of carbonyl (C=O) groups is 1. The highest BCUT2D eigenvalue weighted by Crippen LogP contribution is 2.33. The fraction of sp³-hybridized carbons (Fsp3) is 0.188. The molecule has 1 aromatic carbocycles. The van der Waals surface area contributed by atoms with Crippen molar-refractivity contribution < 1.29 is 9.53 Å². The zero-order valence-electron chi connectivity index (χ0n) is 11.6. The Balaban J connectivity index is 2.15. The molecular weight excluding hydrogens is 306 g/mol. The van der Waals surface area contributed by atoms with Gasteiger partial charge in [0.1, 0.15) is 5.75 Å². The summed E-state index contributed by atoms with van der Waals surface area (Å²) in [5.74, 6) is 0.626. The van der Waals surface area contributed by atoms with Crippen LogP contribution in [0.2, 0.25) is 5.02 Å². The van der Waals surface area contributed by atoms with E-state index >= 15 is 0 Å². The summed E-state index contributed by atoms with van der Waals surface area (Å²) in [4.78, 5) is 16.4. The summed E-state index contributed by atoms with van der Waals surface area (Å²) in [7, 11) is 0. The fourth-order valence-corrected chi connectivity index (χ4v) is 3.36. The Kier molecular flexibility index (Phi) is 3.74. The van der Waals surface area contributed by atoms with Crippen molar-refractivity contribution in [3.63, 3.8) is 0 Å². The number of rotatable bonds is 4. The average Bonchev–Trinajstić information content (AvgIpc) is 3.04. The highest BCUT2D eigenvalue weighted by molar-refractivity contribution is 7.13. The third kappa shape index (κ3) is 2.57. The topological polar surface area (TPSA) is 42.1 Å². The van der Waals surface area contributed by atoms with Crippen LogP contribution in [0.1, 0.15) is 29.1 Å². The molecule has 0 radical (unpaired) electrons. The van der Waals surface area contributed by atoms with Gasteiger partial charge in [-0.1, -0.05) is 17.7 Å². The first-order chi connectivity index (χ1) is 10.1. The van der Waals surface area contributed by atoms with Crippen molar-refractivity contribution in [3.8, 4) is 5.75 Å². The van der Waals surface area contributed by atoms with Crippen LogP contribution in [0.5, 0.6) is 5.75 Å². The van der Waals surface area contributed by atoms with Crippen molar-refractivity contribution in [2.75, 3.05) is 0 Å². The number of hydrogen-bond acceptors (Lipinski definition) is 3. The van der Waals surface area contributed by atoms with Gasteiger partial charge in [0.15, 0.2) is 0 Å². The van der Waals surface area contributed by atoms with Gasteiger partial charge in [-0.15, -0.1) is 11.3 Å². The molecule has 0 aliphatic carbocycles. The van der Waals surface area contributed by atoms with Crippen molar-refractivity contribution in [1.29, 1.82) is 0 Å². The van der Waals surface area contributed by atoms with Gasteiger partial charge in [-0.05, 0) is 37.4 Å². The van der Waals surface area contributed by atoms with Gasteiger partial charge in [0.2, 0.25) is 5.78 Å². The maximum absolute atomic E-state index is 12.7. The molecule has 0 bridgehead atoms. The quantitative estimate of drug-likeness (QED) is 0.695. The molecule has 0 unspecified atom stereocenters. The zero-order valence-corrected chi connectivity index (χ0v) is 13.2. The van der Waals surface area contributed by atoms with Crippen LogP contribution in [-0.4, -0.2) is 16.9 Å². The molecule has 0 saturated carbocycles. The van der Waals surface area contributed by atoms with Gasteiger partial charge in [-0.3, -0.25) is 4.79 Å². The predicted octanol–water partition coefficient (Wildman–Crippen LogP) is 4.90. The fourth-order valence-electron chi connectivity index (χ4n) is 2.26. The van der Waals surface area contributed by atoms with Gasteiger partial charge in [0.05, 0.1) is 27.0 Å². The van der Waals surface area contributed by atoms with Gasteiger partial charge < -0.3 is 9.72 Å². The van der Waals surface area contributed by atoms with Crippen molar-refractivity contribution in [1.82, 2.24) is 4.98 Å². The molecule has 2 heterocycles. The number of nitrogens with one attached hydrogen (secondary N) is 1. The minimum absolute atomic E-state index is 0.0405. The lowest BCUT2D eigenvalue weighted by molar-refractivity contribution is 0.104. The normalized spacial score (nSPS) is 11.2. The Hall–Kier alpha value is -1.78. The standard InChI is InChI=1S/C16H14ClNO2S/c1-9(2)20-13-5-3-4-12-14(13)10(8-18-12)15(19)16-11(17)6-7-21-16/h3-9,18H,1-2H3. The number of fused-ring (bicyclic) bond motifs is 1. The van der Waals surface area contributed by atoms with E-state index in [2.05, 4.69) is 4.98 Å². The van der Waals surface area contributed by atoms with E-state index in [-0.39, 0.29) is 11.9 Å². The van der Waals surface area contributed by atoms with E-state index in [0.717, 1.165) is 10.9 Å². The average molecular weight is 320 g/mol. The molecule has 0 fully saturated rings. The SMILES string of the molecule is CC(C)Oc1cccc2[nH]cc(C(=O)c3sccc3Cl)c12. The maximum Gasteiger partial charge on any atom is 0.206 e. The number of aromatic nitrogens is 1. The number of ketones is 1. The number of H-pyrrole nitrogens is 1. The Labute approximate surface area is 131 Å². The highest BCUT2D eigenvalue weighted by Gasteiger charge is 2.20. The number of halogens is 1. The van der Waals surface area contributed by atoms with E-state index in [1.54, 1.807) is 12.3 Å². The van der Waals surface area contributed by atoms with Crippen molar-refractivity contribution in [2.45, 2.75) is 20.0 Å². The summed E-state index contributed by atoms with van der Waals surface area (Å²) in [6.45, 7) is 3.92. The molecule has 0 aliphatic heterocycles. The molecule has 5 heteroatoms. The molecular formula is C16H14ClNO2S. The highest BCUT2D eigenvalue weighted by atomic mass is 35.5. The van der Waals surface area contributed by atoms with Crippen LogP contribution in [0.15, 0.2) is 35.8 Å². The molecule has 0 saturated heterocycles. The lowest BCUT2D eigenvalue weighted by Crippen LogP contribution is -2.06. The van der Waals surface area contributed by atoms with Crippen LogP contribution >= 0.6 is 22.9 Å². The van der Waals surface area contributed by atoms with Gasteiger partial charge in [-0.2, -0.15) is 0 Å². The van der Waals surface area contributed by atoms with Gasteiger partial charge in [0, 0.05) is 11.7 Å². The minimum atomic E-state index is -0.0824. The Bertz CT molecular complexity index is 804. The van der Waals surface area contributed by atoms with E-state index in [9.17, 15) is 4.79 Å². The van der Waals surface area contributed by atoms with Crippen LogP contribution in [-0.2, 0) is 0 Å². The molecule has 108 valence electrons. The predicted molar refractivity (Wildman–Crippen MR) is 86.8 cm³/mol. The van der Waals surface area contributed by atoms with E-state index < -0.39 is 0 Å². The molecule has 0 spiro atoms. The second-order valence-corrected chi connectivity index (χ2v) is 6.30. The summed E-state index contributed by atoms with van der Waals surface area (Å²) >= 11 is 7.42. The largest absolute Gasteiger partial charge is 0.490 e. The zero-order chi connectivity index (χ0) is 15.0. The number of aromatic amines is 1. The van der Waals surface area contributed by atoms with Gasteiger partial charge in [0.25, 0.3) is 0 Å². The Morgan fingerprint density at radius 1 is 1.33 bits per heavy atom. The number of benzene rings is 1. The van der Waals surface area contributed by atoms with E-state index in [1.165, 1.54) is 11.3 Å². The van der Waals surface area contributed by atoms with Crippen molar-refractivity contribution in [2.24, 2.45) is 0 Å². The molecule has 3 nitrogen and oxygen atoms in total. The molecule has 0 amide bonds. The lowest BCUT2D eigenvalue weighted by Gasteiger charge is -2.11. The smallest absolute Gasteiger partial charge is 0.206 e. The van der Waals surface area contributed by atoms with Crippen LogP contribution in [0.3, 0.4) is 0 Å². The third-order valence-corrected chi connectivity index (χ3v) is 4.44. The first kappa shape index (κ1) is 14.2. The summed E-state index contributed by atoms with van der Waals surface area (Å²) < 4.78 is 5.82. The Morgan fingerprint density at radius 3 is 2.81 bits per heavy atom. The van der Waals surface area contributed by atoms with E-state index in [4.69, 9.17) is 16.3 Å². The minimum Gasteiger partial charge on any atom is -0.490 e. The van der Waals surface area contributed by atoms with Gasteiger partial charge >= 0.3 is 0 Å². The maximum atomic E-state index is 12.7. The first-order valence-electron chi connectivity index (χ1n) is 6.62. The molecule has 2 aromatic heterocycles. The van der Waals surface area contributed by atoms with Crippen molar-refractivity contribution >= 4 is 39.6 Å². The summed E-state index contributed by atoms with van der Waals surface area (Å²) in [6.07, 6.45) is 1.76. The van der Waals surface area contributed by atoms with E-state index in [1.807, 2.05) is 37.4 Å². The number of thiophene rings is 1.